The molecule has 8 heteroatoms. The van der Waals surface area contributed by atoms with Gasteiger partial charge in [-0.3, -0.25) is 19.2 Å². The molecule has 2 rings (SSSR count). The second-order valence-corrected chi connectivity index (χ2v) is 5.69. The molecule has 0 unspecified atom stereocenters. The smallest absolute Gasteiger partial charge is 0.234 e. The van der Waals surface area contributed by atoms with Crippen LogP contribution in [0.1, 0.15) is 19.8 Å². The standard InChI is InChI=1S/C14H24N6O2/c1-12(21)16-4-5-17-14(22)9-19-6-2-3-13(7-19)8-20-11-15-10-18-20/h10-11,13H,2-9H2,1H3,(H,16,21)(H,17,22)/t13-/m1/s1. The van der Waals surface area contributed by atoms with Gasteiger partial charge in [-0.2, -0.15) is 5.10 Å². The molecule has 122 valence electrons. The minimum Gasteiger partial charge on any atom is -0.355 e. The number of aromatic nitrogens is 3. The molecule has 0 spiro atoms. The Bertz CT molecular complexity index is 476. The zero-order chi connectivity index (χ0) is 15.8. The lowest BCUT2D eigenvalue weighted by molar-refractivity contribution is -0.123. The lowest BCUT2D eigenvalue weighted by atomic mass is 9.98. The molecule has 2 N–H and O–H groups in total. The molecule has 1 aliphatic rings. The topological polar surface area (TPSA) is 92.2 Å². The van der Waals surface area contributed by atoms with Crippen LogP contribution >= 0.6 is 0 Å². The molecular formula is C14H24N6O2. The van der Waals surface area contributed by atoms with E-state index in [0.29, 0.717) is 25.6 Å². The van der Waals surface area contributed by atoms with Gasteiger partial charge in [0.1, 0.15) is 12.7 Å². The van der Waals surface area contributed by atoms with E-state index in [1.54, 1.807) is 12.7 Å². The van der Waals surface area contributed by atoms with E-state index >= 15 is 0 Å². The maximum absolute atomic E-state index is 11.9. The first kappa shape index (κ1) is 16.4. The largest absolute Gasteiger partial charge is 0.355 e. The van der Waals surface area contributed by atoms with Crippen LogP contribution in [0.15, 0.2) is 12.7 Å². The number of hydrogen-bond acceptors (Lipinski definition) is 5. The molecule has 8 nitrogen and oxygen atoms in total. The minimum absolute atomic E-state index is 0.00626. The first-order chi connectivity index (χ1) is 10.6. The molecule has 1 aliphatic heterocycles. The molecule has 0 radical (unpaired) electrons. The van der Waals surface area contributed by atoms with Crippen LogP contribution in [0.25, 0.3) is 0 Å². The fraction of sp³-hybridized carbons (Fsp3) is 0.714. The first-order valence-corrected chi connectivity index (χ1v) is 7.69. The van der Waals surface area contributed by atoms with E-state index in [-0.39, 0.29) is 11.8 Å². The van der Waals surface area contributed by atoms with Crippen LogP contribution in [0.3, 0.4) is 0 Å². The molecule has 0 aliphatic carbocycles. The van der Waals surface area contributed by atoms with E-state index in [1.807, 2.05) is 4.68 Å². The number of hydrogen-bond donors (Lipinski definition) is 2. The predicted octanol–water partition coefficient (Wildman–Crippen LogP) is -0.758. The number of piperidine rings is 1. The molecule has 1 atom stereocenters. The molecule has 22 heavy (non-hydrogen) atoms. The highest BCUT2D eigenvalue weighted by molar-refractivity contribution is 5.78. The van der Waals surface area contributed by atoms with E-state index in [9.17, 15) is 9.59 Å². The summed E-state index contributed by atoms with van der Waals surface area (Å²) in [4.78, 5) is 28.7. The van der Waals surface area contributed by atoms with Crippen LogP contribution in [-0.2, 0) is 16.1 Å². The second-order valence-electron chi connectivity index (χ2n) is 5.69. The maximum Gasteiger partial charge on any atom is 0.234 e. The van der Waals surface area contributed by atoms with Gasteiger partial charge in [0, 0.05) is 33.1 Å². The number of nitrogens with one attached hydrogen (secondary N) is 2. The van der Waals surface area contributed by atoms with Gasteiger partial charge in [-0.15, -0.1) is 0 Å². The van der Waals surface area contributed by atoms with Crippen molar-refractivity contribution in [2.24, 2.45) is 5.92 Å². The van der Waals surface area contributed by atoms with Gasteiger partial charge in [0.2, 0.25) is 11.8 Å². The van der Waals surface area contributed by atoms with Crippen molar-refractivity contribution < 1.29 is 9.59 Å². The summed E-state index contributed by atoms with van der Waals surface area (Å²) in [5.41, 5.74) is 0. The fourth-order valence-electron chi connectivity index (χ4n) is 2.73. The Kier molecular flexibility index (Phi) is 6.32. The van der Waals surface area contributed by atoms with Gasteiger partial charge < -0.3 is 10.6 Å². The Morgan fingerprint density at radius 2 is 2.14 bits per heavy atom. The van der Waals surface area contributed by atoms with Crippen molar-refractivity contribution >= 4 is 11.8 Å². The number of rotatable bonds is 7. The number of carbonyl (C=O) groups excluding carboxylic acids is 2. The van der Waals surface area contributed by atoms with E-state index in [0.717, 1.165) is 32.5 Å². The van der Waals surface area contributed by atoms with E-state index in [1.165, 1.54) is 6.92 Å². The van der Waals surface area contributed by atoms with Crippen LogP contribution in [0, 0.1) is 5.92 Å². The maximum atomic E-state index is 11.9. The highest BCUT2D eigenvalue weighted by Crippen LogP contribution is 2.17. The van der Waals surface area contributed by atoms with Crippen molar-refractivity contribution in [1.82, 2.24) is 30.3 Å². The van der Waals surface area contributed by atoms with Gasteiger partial charge in [0.25, 0.3) is 0 Å². The fourth-order valence-corrected chi connectivity index (χ4v) is 2.73. The van der Waals surface area contributed by atoms with Gasteiger partial charge in [0.15, 0.2) is 0 Å². The number of amides is 2. The van der Waals surface area contributed by atoms with Crippen molar-refractivity contribution in [2.75, 3.05) is 32.7 Å². The van der Waals surface area contributed by atoms with Crippen molar-refractivity contribution in [3.8, 4) is 0 Å². The number of carbonyl (C=O) groups is 2. The first-order valence-electron chi connectivity index (χ1n) is 7.69. The van der Waals surface area contributed by atoms with E-state index in [4.69, 9.17) is 0 Å². The lowest BCUT2D eigenvalue weighted by Crippen LogP contribution is -2.44. The molecule has 1 aromatic heterocycles. The summed E-state index contributed by atoms with van der Waals surface area (Å²) in [6.07, 6.45) is 5.52. The second kappa shape index (κ2) is 8.47. The van der Waals surface area contributed by atoms with Crippen LogP contribution in [-0.4, -0.2) is 64.2 Å². The summed E-state index contributed by atoms with van der Waals surface area (Å²) in [5.74, 6) is 0.426. The summed E-state index contributed by atoms with van der Waals surface area (Å²) in [6, 6.07) is 0. The summed E-state index contributed by atoms with van der Waals surface area (Å²) in [7, 11) is 0. The van der Waals surface area contributed by atoms with Crippen molar-refractivity contribution in [2.45, 2.75) is 26.3 Å². The molecule has 2 amide bonds. The van der Waals surface area contributed by atoms with Crippen molar-refractivity contribution in [3.05, 3.63) is 12.7 Å². The molecule has 1 fully saturated rings. The zero-order valence-corrected chi connectivity index (χ0v) is 13.0. The summed E-state index contributed by atoms with van der Waals surface area (Å²) >= 11 is 0. The number of likely N-dealkylation sites (tertiary alicyclic amines) is 1. The Labute approximate surface area is 130 Å². The molecule has 1 saturated heterocycles. The SMILES string of the molecule is CC(=O)NCCNC(=O)CN1CCC[C@@H](Cn2cncn2)C1. The van der Waals surface area contributed by atoms with Gasteiger partial charge in [-0.1, -0.05) is 0 Å². The summed E-state index contributed by atoms with van der Waals surface area (Å²) in [5, 5.41) is 9.61. The molecular weight excluding hydrogens is 284 g/mol. The van der Waals surface area contributed by atoms with Gasteiger partial charge in [0.05, 0.1) is 6.54 Å². The number of nitrogens with zero attached hydrogens (tertiary/aromatic N) is 4. The van der Waals surface area contributed by atoms with Crippen LogP contribution in [0.5, 0.6) is 0 Å². The van der Waals surface area contributed by atoms with Crippen molar-refractivity contribution in [1.29, 1.82) is 0 Å². The van der Waals surface area contributed by atoms with E-state index in [2.05, 4.69) is 25.6 Å². The summed E-state index contributed by atoms with van der Waals surface area (Å²) in [6.45, 7) is 5.51. The highest BCUT2D eigenvalue weighted by atomic mass is 16.2. The normalized spacial score (nSPS) is 18.9. The Morgan fingerprint density at radius 1 is 1.32 bits per heavy atom. The third-order valence-electron chi connectivity index (χ3n) is 3.70. The van der Waals surface area contributed by atoms with Crippen LogP contribution in [0.4, 0.5) is 0 Å². The third-order valence-corrected chi connectivity index (χ3v) is 3.70. The average molecular weight is 308 g/mol. The predicted molar refractivity (Wildman–Crippen MR) is 80.9 cm³/mol. The van der Waals surface area contributed by atoms with Crippen molar-refractivity contribution in [3.63, 3.8) is 0 Å². The third kappa shape index (κ3) is 5.80. The molecule has 2 heterocycles. The molecule has 0 aromatic carbocycles. The van der Waals surface area contributed by atoms with Crippen LogP contribution in [0.2, 0.25) is 0 Å². The monoisotopic (exact) mass is 308 g/mol. The molecule has 0 saturated carbocycles. The Morgan fingerprint density at radius 3 is 2.86 bits per heavy atom. The quantitative estimate of drug-likeness (QED) is 0.646. The van der Waals surface area contributed by atoms with Gasteiger partial charge in [-0.25, -0.2) is 4.98 Å². The zero-order valence-electron chi connectivity index (χ0n) is 13.0. The Balaban J connectivity index is 1.66. The van der Waals surface area contributed by atoms with Crippen LogP contribution < -0.4 is 10.6 Å². The average Bonchev–Trinajstić information content (AvgIpc) is 2.97. The molecule has 1 aromatic rings. The van der Waals surface area contributed by atoms with Gasteiger partial charge >= 0.3 is 0 Å². The summed E-state index contributed by atoms with van der Waals surface area (Å²) < 4.78 is 1.85. The Hall–Kier alpha value is -1.96. The van der Waals surface area contributed by atoms with Gasteiger partial charge in [-0.05, 0) is 25.3 Å². The lowest BCUT2D eigenvalue weighted by Gasteiger charge is -2.32. The van der Waals surface area contributed by atoms with E-state index < -0.39 is 0 Å². The minimum atomic E-state index is -0.0822. The highest BCUT2D eigenvalue weighted by Gasteiger charge is 2.22. The molecule has 0 bridgehead atoms.